The van der Waals surface area contributed by atoms with E-state index in [4.69, 9.17) is 16.3 Å². The van der Waals surface area contributed by atoms with Gasteiger partial charge in [0.15, 0.2) is 0 Å². The SMILES string of the molecule is CC(C)(C)C(=O)Nc1cc(C(F)(F)F)cnc1COC(=O)N1CC2=C(C1)CN(C(=O)[C@@H]1CCC(NN)=C(N)C1)C2. The molecule has 2 aliphatic heterocycles. The zero-order valence-corrected chi connectivity index (χ0v) is 22.7. The van der Waals surface area contributed by atoms with E-state index in [0.29, 0.717) is 44.2 Å². The summed E-state index contributed by atoms with van der Waals surface area (Å²) in [6, 6.07) is 0.778. The average Bonchev–Trinajstić information content (AvgIpc) is 3.46. The first kappa shape index (κ1) is 29.2. The number of carbonyl (C=O) groups is 3. The summed E-state index contributed by atoms with van der Waals surface area (Å²) >= 11 is 0. The molecule has 1 aromatic heterocycles. The van der Waals surface area contributed by atoms with Crippen LogP contribution < -0.4 is 22.3 Å². The highest BCUT2D eigenvalue weighted by atomic mass is 19.4. The second kappa shape index (κ2) is 11.0. The molecule has 1 aromatic rings. The lowest BCUT2D eigenvalue weighted by atomic mass is 9.89. The van der Waals surface area contributed by atoms with Crippen LogP contribution in [0.15, 0.2) is 34.8 Å². The van der Waals surface area contributed by atoms with Crippen LogP contribution in [-0.4, -0.2) is 58.9 Å². The van der Waals surface area contributed by atoms with Gasteiger partial charge in [0, 0.05) is 61.5 Å². The number of alkyl halides is 3. The van der Waals surface area contributed by atoms with Crippen LogP contribution in [0.2, 0.25) is 0 Å². The Hall–Kier alpha value is -3.81. The third-order valence-electron chi connectivity index (χ3n) is 7.28. The van der Waals surface area contributed by atoms with Gasteiger partial charge in [0.1, 0.15) is 12.3 Å². The predicted molar refractivity (Wildman–Crippen MR) is 139 cm³/mol. The van der Waals surface area contributed by atoms with Crippen molar-refractivity contribution in [2.45, 2.75) is 52.8 Å². The van der Waals surface area contributed by atoms with Crippen molar-refractivity contribution >= 4 is 23.6 Å². The van der Waals surface area contributed by atoms with Crippen molar-refractivity contribution < 1.29 is 32.3 Å². The first-order valence-electron chi connectivity index (χ1n) is 12.9. The van der Waals surface area contributed by atoms with Crippen LogP contribution in [0, 0.1) is 11.3 Å². The third-order valence-corrected chi connectivity index (χ3v) is 7.28. The van der Waals surface area contributed by atoms with Crippen molar-refractivity contribution in [3.8, 4) is 0 Å². The molecule has 0 aromatic carbocycles. The first-order chi connectivity index (χ1) is 18.7. The average molecular weight is 566 g/mol. The van der Waals surface area contributed by atoms with E-state index in [9.17, 15) is 27.6 Å². The maximum atomic E-state index is 13.2. The van der Waals surface area contributed by atoms with Gasteiger partial charge in [0.05, 0.1) is 11.3 Å². The summed E-state index contributed by atoms with van der Waals surface area (Å²) in [6.07, 6.45) is -3.01. The van der Waals surface area contributed by atoms with E-state index >= 15 is 0 Å². The first-order valence-corrected chi connectivity index (χ1v) is 12.9. The van der Waals surface area contributed by atoms with Crippen LogP contribution >= 0.6 is 0 Å². The molecule has 11 nitrogen and oxygen atoms in total. The number of pyridine rings is 1. The largest absolute Gasteiger partial charge is 0.443 e. The number of ether oxygens (including phenoxy) is 1. The van der Waals surface area contributed by atoms with Gasteiger partial charge in [-0.2, -0.15) is 13.2 Å². The van der Waals surface area contributed by atoms with E-state index in [1.54, 1.807) is 25.7 Å². The monoisotopic (exact) mass is 565 g/mol. The van der Waals surface area contributed by atoms with Crippen molar-refractivity contribution in [1.29, 1.82) is 0 Å². The normalized spacial score (nSPS) is 19.6. The summed E-state index contributed by atoms with van der Waals surface area (Å²) in [5.41, 5.74) is 9.79. The van der Waals surface area contributed by atoms with E-state index in [0.717, 1.165) is 22.9 Å². The Bertz CT molecular complexity index is 1250. The maximum absolute atomic E-state index is 13.2. The van der Waals surface area contributed by atoms with E-state index < -0.39 is 35.8 Å². The van der Waals surface area contributed by atoms with Crippen molar-refractivity contribution in [2.24, 2.45) is 22.9 Å². The second-order valence-electron chi connectivity index (χ2n) is 11.3. The summed E-state index contributed by atoms with van der Waals surface area (Å²) in [6.45, 7) is 5.79. The van der Waals surface area contributed by atoms with E-state index in [1.165, 1.54) is 4.90 Å². The molecule has 14 heteroatoms. The number of aromatic nitrogens is 1. The summed E-state index contributed by atoms with van der Waals surface area (Å²) in [4.78, 5) is 45.3. The number of nitrogens with one attached hydrogen (secondary N) is 2. The molecule has 0 radical (unpaired) electrons. The highest BCUT2D eigenvalue weighted by Gasteiger charge is 2.38. The van der Waals surface area contributed by atoms with E-state index in [2.05, 4.69) is 15.7 Å². The minimum Gasteiger partial charge on any atom is -0.443 e. The van der Waals surface area contributed by atoms with Gasteiger partial charge in [0.2, 0.25) is 11.8 Å². The Morgan fingerprint density at radius 3 is 2.27 bits per heavy atom. The van der Waals surface area contributed by atoms with Gasteiger partial charge in [-0.15, -0.1) is 0 Å². The Morgan fingerprint density at radius 1 is 1.10 bits per heavy atom. The molecule has 0 unspecified atom stereocenters. The zero-order valence-electron chi connectivity index (χ0n) is 22.7. The van der Waals surface area contributed by atoms with Crippen LogP contribution in [0.25, 0.3) is 0 Å². The van der Waals surface area contributed by atoms with Crippen LogP contribution in [-0.2, 0) is 27.1 Å². The number of hydrogen-bond donors (Lipinski definition) is 4. The fourth-order valence-corrected chi connectivity index (χ4v) is 4.87. The van der Waals surface area contributed by atoms with Gasteiger partial charge in [-0.05, 0) is 30.1 Å². The van der Waals surface area contributed by atoms with Crippen LogP contribution in [0.3, 0.4) is 0 Å². The minimum atomic E-state index is -4.66. The van der Waals surface area contributed by atoms with Crippen molar-refractivity contribution in [1.82, 2.24) is 20.2 Å². The second-order valence-corrected chi connectivity index (χ2v) is 11.3. The summed E-state index contributed by atoms with van der Waals surface area (Å²) in [7, 11) is 0. The van der Waals surface area contributed by atoms with Crippen LogP contribution in [0.4, 0.5) is 23.7 Å². The number of nitrogens with zero attached hydrogens (tertiary/aromatic N) is 3. The van der Waals surface area contributed by atoms with Gasteiger partial charge in [0.25, 0.3) is 0 Å². The number of hydrogen-bond acceptors (Lipinski definition) is 8. The molecule has 1 atom stereocenters. The molecule has 0 saturated heterocycles. The summed E-state index contributed by atoms with van der Waals surface area (Å²) in [5.74, 6) is 4.75. The predicted octanol–water partition coefficient (Wildman–Crippen LogP) is 2.61. The molecule has 3 amide bonds. The van der Waals surface area contributed by atoms with Crippen molar-refractivity contribution in [3.05, 3.63) is 46.1 Å². The topological polar surface area (TPSA) is 156 Å². The number of amides is 3. The van der Waals surface area contributed by atoms with Crippen LogP contribution in [0.5, 0.6) is 0 Å². The lowest BCUT2D eigenvalue weighted by Gasteiger charge is -2.29. The van der Waals surface area contributed by atoms with Gasteiger partial charge in [-0.25, -0.2) is 4.79 Å². The van der Waals surface area contributed by atoms with Crippen molar-refractivity contribution in [2.75, 3.05) is 31.5 Å². The molecule has 0 fully saturated rings. The lowest BCUT2D eigenvalue weighted by molar-refractivity contribution is -0.138. The number of anilines is 1. The quantitative estimate of drug-likeness (QED) is 0.241. The van der Waals surface area contributed by atoms with Crippen molar-refractivity contribution in [3.63, 3.8) is 0 Å². The molecular formula is C26H34F3N7O4. The number of halogens is 3. The Labute approximate surface area is 229 Å². The summed E-state index contributed by atoms with van der Waals surface area (Å²) < 4.78 is 45.1. The number of nitrogens with two attached hydrogens (primary N) is 2. The van der Waals surface area contributed by atoms with Gasteiger partial charge < -0.3 is 31.0 Å². The van der Waals surface area contributed by atoms with E-state index in [-0.39, 0.29) is 36.3 Å². The molecule has 218 valence electrons. The fourth-order valence-electron chi connectivity index (χ4n) is 4.87. The number of allylic oxidation sites excluding steroid dienone is 2. The number of rotatable bonds is 5. The zero-order chi connectivity index (χ0) is 29.4. The standard InChI is InChI=1S/C26H34F3N7O4/c1-25(2,3)23(38)33-20-7-17(26(27,28)29)8-32-21(20)13-40-24(39)36-11-15-9-35(10-16(15)12-36)22(37)14-4-5-19(34-31)18(30)6-14/h7-8,14,34H,4-6,9-13,30-31H2,1-3H3,(H,33,38)/t14-/m1/s1. The highest BCUT2D eigenvalue weighted by molar-refractivity contribution is 5.95. The number of hydrazine groups is 1. The van der Waals surface area contributed by atoms with E-state index in [1.807, 2.05) is 0 Å². The number of carbonyl (C=O) groups excluding carboxylic acids is 3. The molecule has 6 N–H and O–H groups in total. The van der Waals surface area contributed by atoms with Gasteiger partial charge in [-0.1, -0.05) is 20.8 Å². The Kier molecular flexibility index (Phi) is 8.01. The Morgan fingerprint density at radius 2 is 1.73 bits per heavy atom. The molecule has 0 saturated carbocycles. The minimum absolute atomic E-state index is 0.00998. The molecule has 4 rings (SSSR count). The molecule has 3 aliphatic rings. The molecular weight excluding hydrogens is 531 g/mol. The van der Waals surface area contributed by atoms with Gasteiger partial charge >= 0.3 is 12.3 Å². The fraction of sp³-hybridized carbons (Fsp3) is 0.538. The molecule has 0 spiro atoms. The molecule has 3 heterocycles. The molecule has 1 aliphatic carbocycles. The van der Waals surface area contributed by atoms with Gasteiger partial charge in [-0.3, -0.25) is 20.4 Å². The molecule has 40 heavy (non-hydrogen) atoms. The van der Waals surface area contributed by atoms with Crippen LogP contribution in [0.1, 0.15) is 51.3 Å². The third kappa shape index (κ3) is 6.32. The lowest BCUT2D eigenvalue weighted by Crippen LogP contribution is -2.41. The smallest absolute Gasteiger partial charge is 0.417 e. The maximum Gasteiger partial charge on any atom is 0.417 e. The highest BCUT2D eigenvalue weighted by Crippen LogP contribution is 2.33. The Balaban J connectivity index is 1.33. The summed E-state index contributed by atoms with van der Waals surface area (Å²) in [5, 5.41) is 2.47. The molecule has 0 bridgehead atoms.